The SMILES string of the molecule is O=Cc1ccc(C=Cc2ccc(C(=O)C3NCCC3=O)cc2)cc1. The quantitative estimate of drug-likeness (QED) is 0.398. The van der Waals surface area contributed by atoms with Gasteiger partial charge in [-0.15, -0.1) is 0 Å². The number of nitrogens with one attached hydrogen (secondary N) is 1. The van der Waals surface area contributed by atoms with Crippen molar-refractivity contribution < 1.29 is 14.4 Å². The van der Waals surface area contributed by atoms with Gasteiger partial charge in [-0.25, -0.2) is 0 Å². The second-order valence-electron chi connectivity index (χ2n) is 5.71. The maximum absolute atomic E-state index is 12.3. The average molecular weight is 319 g/mol. The van der Waals surface area contributed by atoms with Crippen LogP contribution in [-0.2, 0) is 4.79 Å². The summed E-state index contributed by atoms with van der Waals surface area (Å²) >= 11 is 0. The van der Waals surface area contributed by atoms with Crippen LogP contribution in [-0.4, -0.2) is 30.4 Å². The molecule has 0 bridgehead atoms. The zero-order valence-corrected chi connectivity index (χ0v) is 13.1. The van der Waals surface area contributed by atoms with Crippen molar-refractivity contribution in [3.05, 3.63) is 70.8 Å². The summed E-state index contributed by atoms with van der Waals surface area (Å²) in [7, 11) is 0. The molecule has 0 spiro atoms. The third kappa shape index (κ3) is 3.55. The maximum atomic E-state index is 12.3. The van der Waals surface area contributed by atoms with E-state index < -0.39 is 6.04 Å². The van der Waals surface area contributed by atoms with Gasteiger partial charge in [0.25, 0.3) is 0 Å². The molecule has 1 aliphatic heterocycles. The van der Waals surface area contributed by atoms with Crippen LogP contribution in [0.2, 0.25) is 0 Å². The average Bonchev–Trinajstić information content (AvgIpc) is 3.06. The second kappa shape index (κ2) is 7.15. The molecule has 2 aromatic rings. The minimum Gasteiger partial charge on any atom is -0.301 e. The summed E-state index contributed by atoms with van der Waals surface area (Å²) in [5.41, 5.74) is 3.12. The number of Topliss-reactive ketones (excluding diaryl/α,β-unsaturated/α-hetero) is 2. The van der Waals surface area contributed by atoms with Gasteiger partial charge in [-0.3, -0.25) is 14.4 Å². The first kappa shape index (κ1) is 16.0. The zero-order chi connectivity index (χ0) is 16.9. The Kier molecular flexibility index (Phi) is 4.77. The normalized spacial score (nSPS) is 17.3. The Bertz CT molecular complexity index is 789. The van der Waals surface area contributed by atoms with Crippen LogP contribution in [0.3, 0.4) is 0 Å². The lowest BCUT2D eigenvalue weighted by Gasteiger charge is -2.07. The van der Waals surface area contributed by atoms with Crippen LogP contribution in [0, 0.1) is 0 Å². The van der Waals surface area contributed by atoms with Crippen molar-refractivity contribution in [2.75, 3.05) is 6.54 Å². The van der Waals surface area contributed by atoms with Crippen LogP contribution >= 0.6 is 0 Å². The van der Waals surface area contributed by atoms with Crippen molar-refractivity contribution >= 4 is 30.0 Å². The highest BCUT2D eigenvalue weighted by Gasteiger charge is 2.30. The third-order valence-corrected chi connectivity index (χ3v) is 4.04. The lowest BCUT2D eigenvalue weighted by molar-refractivity contribution is -0.117. The molecular weight excluding hydrogens is 302 g/mol. The monoisotopic (exact) mass is 319 g/mol. The topological polar surface area (TPSA) is 63.2 Å². The fraction of sp³-hybridized carbons (Fsp3) is 0.150. The van der Waals surface area contributed by atoms with E-state index in [1.165, 1.54) is 0 Å². The van der Waals surface area contributed by atoms with Gasteiger partial charge in [-0.1, -0.05) is 60.7 Å². The lowest BCUT2D eigenvalue weighted by Crippen LogP contribution is -2.35. The van der Waals surface area contributed by atoms with Gasteiger partial charge in [0.2, 0.25) is 0 Å². The highest BCUT2D eigenvalue weighted by Crippen LogP contribution is 2.14. The van der Waals surface area contributed by atoms with Crippen molar-refractivity contribution in [2.24, 2.45) is 0 Å². The summed E-state index contributed by atoms with van der Waals surface area (Å²) in [5.74, 6) is -0.208. The van der Waals surface area contributed by atoms with Crippen molar-refractivity contribution in [1.29, 1.82) is 0 Å². The van der Waals surface area contributed by atoms with Crippen molar-refractivity contribution in [3.8, 4) is 0 Å². The smallest absolute Gasteiger partial charge is 0.187 e. The Hall–Kier alpha value is -2.85. The molecule has 4 nitrogen and oxygen atoms in total. The van der Waals surface area contributed by atoms with E-state index in [1.54, 1.807) is 24.3 Å². The van der Waals surface area contributed by atoms with Gasteiger partial charge < -0.3 is 5.32 Å². The molecule has 3 rings (SSSR count). The van der Waals surface area contributed by atoms with E-state index in [1.807, 2.05) is 36.4 Å². The number of carbonyl (C=O) groups excluding carboxylic acids is 3. The summed E-state index contributed by atoms with van der Waals surface area (Å²) in [6.07, 6.45) is 5.10. The van der Waals surface area contributed by atoms with Crippen molar-refractivity contribution in [2.45, 2.75) is 12.5 Å². The molecule has 1 N–H and O–H groups in total. The molecule has 4 heteroatoms. The summed E-state index contributed by atoms with van der Waals surface area (Å²) in [6.45, 7) is 0.568. The molecule has 1 unspecified atom stereocenters. The highest BCUT2D eigenvalue weighted by molar-refractivity contribution is 6.15. The lowest BCUT2D eigenvalue weighted by atomic mass is 10.0. The molecule has 2 aromatic carbocycles. The first-order chi connectivity index (χ1) is 11.7. The molecule has 0 saturated carbocycles. The highest BCUT2D eigenvalue weighted by atomic mass is 16.2. The molecule has 1 aliphatic rings. The van der Waals surface area contributed by atoms with Crippen LogP contribution in [0.4, 0.5) is 0 Å². The van der Waals surface area contributed by atoms with Crippen molar-refractivity contribution in [1.82, 2.24) is 5.32 Å². The number of hydrogen-bond acceptors (Lipinski definition) is 4. The van der Waals surface area contributed by atoms with Gasteiger partial charge in [0.05, 0.1) is 0 Å². The van der Waals surface area contributed by atoms with E-state index in [-0.39, 0.29) is 11.6 Å². The number of hydrogen-bond donors (Lipinski definition) is 1. The Labute approximate surface area is 140 Å². The van der Waals surface area contributed by atoms with Crippen LogP contribution in [0.15, 0.2) is 48.5 Å². The van der Waals surface area contributed by atoms with E-state index in [9.17, 15) is 14.4 Å². The number of ketones is 2. The predicted molar refractivity (Wildman–Crippen MR) is 92.9 cm³/mol. The molecule has 1 heterocycles. The van der Waals surface area contributed by atoms with Gasteiger partial charge in [0.1, 0.15) is 12.3 Å². The van der Waals surface area contributed by atoms with E-state index in [0.29, 0.717) is 24.1 Å². The Morgan fingerprint density at radius 2 is 1.46 bits per heavy atom. The van der Waals surface area contributed by atoms with Crippen LogP contribution in [0.25, 0.3) is 12.2 Å². The summed E-state index contributed by atoms with van der Waals surface area (Å²) in [5, 5.41) is 2.94. The fourth-order valence-electron chi connectivity index (χ4n) is 2.64. The second-order valence-corrected chi connectivity index (χ2v) is 5.71. The number of benzene rings is 2. The first-order valence-corrected chi connectivity index (χ1v) is 7.81. The molecule has 120 valence electrons. The van der Waals surface area contributed by atoms with Gasteiger partial charge in [0.15, 0.2) is 11.6 Å². The zero-order valence-electron chi connectivity index (χ0n) is 13.1. The van der Waals surface area contributed by atoms with Crippen LogP contribution in [0.1, 0.15) is 38.3 Å². The largest absolute Gasteiger partial charge is 0.301 e. The van der Waals surface area contributed by atoms with E-state index in [2.05, 4.69) is 5.32 Å². The van der Waals surface area contributed by atoms with Crippen LogP contribution < -0.4 is 5.32 Å². The molecule has 0 aliphatic carbocycles. The first-order valence-electron chi connectivity index (χ1n) is 7.81. The number of rotatable bonds is 5. The van der Waals surface area contributed by atoms with Crippen molar-refractivity contribution in [3.63, 3.8) is 0 Å². The van der Waals surface area contributed by atoms with Gasteiger partial charge >= 0.3 is 0 Å². The van der Waals surface area contributed by atoms with Crippen LogP contribution in [0.5, 0.6) is 0 Å². The molecule has 0 aromatic heterocycles. The predicted octanol–water partition coefficient (Wildman–Crippen LogP) is 2.78. The number of carbonyl (C=O) groups is 3. The fourth-order valence-corrected chi connectivity index (χ4v) is 2.64. The van der Waals surface area contributed by atoms with Gasteiger partial charge in [-0.2, -0.15) is 0 Å². The Morgan fingerprint density at radius 3 is 1.96 bits per heavy atom. The van der Waals surface area contributed by atoms with Gasteiger partial charge in [-0.05, 0) is 11.1 Å². The summed E-state index contributed by atoms with van der Waals surface area (Å²) in [6, 6.07) is 13.8. The molecule has 0 radical (unpaired) electrons. The standard InChI is InChI=1S/C20H17NO3/c22-13-16-5-3-14(4-6-16)1-2-15-7-9-17(10-8-15)20(24)19-18(23)11-12-21-19/h1-10,13,19,21H,11-12H2. The van der Waals surface area contributed by atoms with E-state index in [4.69, 9.17) is 0 Å². The molecule has 1 atom stereocenters. The molecule has 1 saturated heterocycles. The summed E-state index contributed by atoms with van der Waals surface area (Å²) < 4.78 is 0. The van der Waals surface area contributed by atoms with E-state index >= 15 is 0 Å². The minimum absolute atomic E-state index is 0.0391. The Balaban J connectivity index is 1.69. The Morgan fingerprint density at radius 1 is 0.917 bits per heavy atom. The van der Waals surface area contributed by atoms with Gasteiger partial charge in [0, 0.05) is 24.1 Å². The molecule has 24 heavy (non-hydrogen) atoms. The van der Waals surface area contributed by atoms with E-state index in [0.717, 1.165) is 17.4 Å². The molecule has 1 fully saturated rings. The molecule has 0 amide bonds. The molecular formula is C20H17NO3. The summed E-state index contributed by atoms with van der Waals surface area (Å²) in [4.78, 5) is 34.6. The third-order valence-electron chi connectivity index (χ3n) is 4.04. The minimum atomic E-state index is -0.692. The number of aldehydes is 1. The maximum Gasteiger partial charge on any atom is 0.187 e.